The van der Waals surface area contributed by atoms with Gasteiger partial charge in [-0.25, -0.2) is 0 Å². The molecule has 16 heavy (non-hydrogen) atoms. The number of rotatable bonds is 6. The molecule has 0 fully saturated rings. The highest BCUT2D eigenvalue weighted by atomic mass is 16.5. The van der Waals surface area contributed by atoms with E-state index in [0.29, 0.717) is 5.89 Å². The van der Waals surface area contributed by atoms with Crippen LogP contribution in [0.5, 0.6) is 0 Å². The molecule has 0 radical (unpaired) electrons. The van der Waals surface area contributed by atoms with Crippen LogP contribution in [0.4, 0.5) is 0 Å². The molecule has 0 aromatic carbocycles. The van der Waals surface area contributed by atoms with Crippen LogP contribution in [0.2, 0.25) is 0 Å². The summed E-state index contributed by atoms with van der Waals surface area (Å²) in [5.41, 5.74) is 0. The second kappa shape index (κ2) is 5.96. The third-order valence-electron chi connectivity index (χ3n) is 2.80. The van der Waals surface area contributed by atoms with Crippen molar-refractivity contribution >= 4 is 0 Å². The van der Waals surface area contributed by atoms with Crippen LogP contribution in [0.1, 0.15) is 44.9 Å². The smallest absolute Gasteiger partial charge is 0.223 e. The summed E-state index contributed by atoms with van der Waals surface area (Å²) in [5, 5.41) is 7.37. The van der Waals surface area contributed by atoms with Gasteiger partial charge in [0.25, 0.3) is 0 Å². The zero-order valence-electron chi connectivity index (χ0n) is 10.7. The zero-order chi connectivity index (χ0) is 12.1. The lowest BCUT2D eigenvalue weighted by Gasteiger charge is -2.24. The highest BCUT2D eigenvalue weighted by molar-refractivity contribution is 4.94. The molecule has 3 unspecified atom stereocenters. The summed E-state index contributed by atoms with van der Waals surface area (Å²) < 4.78 is 10.3. The van der Waals surface area contributed by atoms with Gasteiger partial charge in [0.1, 0.15) is 0 Å². The summed E-state index contributed by atoms with van der Waals surface area (Å²) in [6.07, 6.45) is 1.07. The highest BCUT2D eigenvalue weighted by Crippen LogP contribution is 2.14. The first kappa shape index (κ1) is 13.1. The molecule has 0 saturated carbocycles. The average molecular weight is 227 g/mol. The van der Waals surface area contributed by atoms with Gasteiger partial charge in [0.05, 0.1) is 12.1 Å². The molecule has 0 saturated heterocycles. The summed E-state index contributed by atoms with van der Waals surface area (Å²) in [7, 11) is 1.71. The van der Waals surface area contributed by atoms with Crippen LogP contribution in [0.3, 0.4) is 0 Å². The maximum atomic E-state index is 5.27. The Bertz CT molecular complexity index is 314. The minimum Gasteiger partial charge on any atom is -0.380 e. The van der Waals surface area contributed by atoms with Gasteiger partial charge in [-0.05, 0) is 20.3 Å². The summed E-state index contributed by atoms with van der Waals surface area (Å²) in [4.78, 5) is 4.24. The lowest BCUT2D eigenvalue weighted by Crippen LogP contribution is -2.39. The number of nitrogens with one attached hydrogen (secondary N) is 1. The minimum atomic E-state index is 0.116. The summed E-state index contributed by atoms with van der Waals surface area (Å²) >= 11 is 0. The van der Waals surface area contributed by atoms with E-state index in [-0.39, 0.29) is 18.2 Å². The Morgan fingerprint density at radius 3 is 2.56 bits per heavy atom. The molecule has 0 aliphatic heterocycles. The Kier molecular flexibility index (Phi) is 4.89. The van der Waals surface area contributed by atoms with E-state index in [4.69, 9.17) is 9.26 Å². The third-order valence-corrected chi connectivity index (χ3v) is 2.80. The molecular formula is C11H21N3O2. The molecule has 92 valence electrons. The molecular weight excluding hydrogens is 206 g/mol. The van der Waals surface area contributed by atoms with Crippen molar-refractivity contribution in [3.8, 4) is 0 Å². The largest absolute Gasteiger partial charge is 0.380 e. The van der Waals surface area contributed by atoms with Crippen molar-refractivity contribution in [3.05, 3.63) is 11.7 Å². The van der Waals surface area contributed by atoms with Gasteiger partial charge in [-0.2, -0.15) is 4.98 Å². The Balaban J connectivity index is 2.62. The fourth-order valence-corrected chi connectivity index (χ4v) is 1.49. The number of hydrogen-bond donors (Lipinski definition) is 1. The van der Waals surface area contributed by atoms with Crippen molar-refractivity contribution in [2.45, 2.75) is 52.3 Å². The van der Waals surface area contributed by atoms with E-state index in [1.54, 1.807) is 14.0 Å². The van der Waals surface area contributed by atoms with Crippen molar-refractivity contribution in [2.75, 3.05) is 7.11 Å². The molecule has 3 atom stereocenters. The molecule has 1 rings (SSSR count). The normalized spacial score (nSPS) is 17.1. The van der Waals surface area contributed by atoms with E-state index >= 15 is 0 Å². The quantitative estimate of drug-likeness (QED) is 0.803. The van der Waals surface area contributed by atoms with Gasteiger partial charge < -0.3 is 14.6 Å². The maximum Gasteiger partial charge on any atom is 0.223 e. The van der Waals surface area contributed by atoms with E-state index < -0.39 is 0 Å². The molecule has 0 amide bonds. The monoisotopic (exact) mass is 227 g/mol. The summed E-state index contributed by atoms with van der Waals surface area (Å²) in [6.45, 7) is 8.01. The number of methoxy groups -OCH3 is 1. The van der Waals surface area contributed by atoms with Gasteiger partial charge in [-0.1, -0.05) is 12.1 Å². The Morgan fingerprint density at radius 2 is 2.12 bits per heavy atom. The van der Waals surface area contributed by atoms with Gasteiger partial charge in [-0.15, -0.1) is 0 Å². The predicted octanol–water partition coefficient (Wildman–Crippen LogP) is 1.84. The van der Waals surface area contributed by atoms with Crippen LogP contribution >= 0.6 is 0 Å². The molecule has 1 N–H and O–H groups in total. The van der Waals surface area contributed by atoms with Gasteiger partial charge >= 0.3 is 0 Å². The standard InChI is InChI=1S/C11H21N3O2/c1-6-10(11-13-9(4)16-14-11)12-7(2)8(3)15-5/h7-8,10,12H,6H2,1-5H3. The van der Waals surface area contributed by atoms with Crippen LogP contribution in [0, 0.1) is 6.92 Å². The van der Waals surface area contributed by atoms with E-state index in [1.807, 2.05) is 6.92 Å². The molecule has 1 aromatic rings. The highest BCUT2D eigenvalue weighted by Gasteiger charge is 2.20. The molecule has 5 nitrogen and oxygen atoms in total. The first-order chi connectivity index (χ1) is 7.58. The molecule has 1 aromatic heterocycles. The van der Waals surface area contributed by atoms with Crippen LogP contribution < -0.4 is 5.32 Å². The molecule has 1 heterocycles. The molecule has 5 heteroatoms. The predicted molar refractivity (Wildman–Crippen MR) is 61.1 cm³/mol. The van der Waals surface area contributed by atoms with Gasteiger partial charge in [0.15, 0.2) is 5.82 Å². The van der Waals surface area contributed by atoms with Crippen LogP contribution in [-0.2, 0) is 4.74 Å². The fourth-order valence-electron chi connectivity index (χ4n) is 1.49. The Hall–Kier alpha value is -0.940. The first-order valence-electron chi connectivity index (χ1n) is 5.67. The second-order valence-corrected chi connectivity index (χ2v) is 4.03. The minimum absolute atomic E-state index is 0.116. The molecule has 0 aliphatic rings. The zero-order valence-corrected chi connectivity index (χ0v) is 10.7. The second-order valence-electron chi connectivity index (χ2n) is 4.03. The van der Waals surface area contributed by atoms with Gasteiger partial charge in [-0.3, -0.25) is 0 Å². The SMILES string of the molecule is CCC(NC(C)C(C)OC)c1noc(C)n1. The van der Waals surface area contributed by atoms with Crippen molar-refractivity contribution in [1.82, 2.24) is 15.5 Å². The Morgan fingerprint density at radius 1 is 1.44 bits per heavy atom. The van der Waals surface area contributed by atoms with Crippen LogP contribution in [0.25, 0.3) is 0 Å². The van der Waals surface area contributed by atoms with E-state index in [2.05, 4.69) is 29.3 Å². The van der Waals surface area contributed by atoms with Crippen molar-refractivity contribution in [2.24, 2.45) is 0 Å². The average Bonchev–Trinajstić information content (AvgIpc) is 2.71. The number of nitrogens with zero attached hydrogens (tertiary/aromatic N) is 2. The van der Waals surface area contributed by atoms with E-state index in [0.717, 1.165) is 12.2 Å². The van der Waals surface area contributed by atoms with Crippen LogP contribution in [0.15, 0.2) is 4.52 Å². The number of aryl methyl sites for hydroxylation is 1. The lowest BCUT2D eigenvalue weighted by atomic mass is 10.1. The first-order valence-corrected chi connectivity index (χ1v) is 5.67. The van der Waals surface area contributed by atoms with E-state index in [1.165, 1.54) is 0 Å². The van der Waals surface area contributed by atoms with Gasteiger partial charge in [0.2, 0.25) is 5.89 Å². The molecule has 0 aliphatic carbocycles. The van der Waals surface area contributed by atoms with Crippen molar-refractivity contribution in [3.63, 3.8) is 0 Å². The van der Waals surface area contributed by atoms with Crippen molar-refractivity contribution < 1.29 is 9.26 Å². The van der Waals surface area contributed by atoms with Gasteiger partial charge in [0, 0.05) is 20.1 Å². The topological polar surface area (TPSA) is 60.2 Å². The maximum absolute atomic E-state index is 5.27. The number of hydrogen-bond acceptors (Lipinski definition) is 5. The van der Waals surface area contributed by atoms with Crippen molar-refractivity contribution in [1.29, 1.82) is 0 Å². The third kappa shape index (κ3) is 3.28. The lowest BCUT2D eigenvalue weighted by molar-refractivity contribution is 0.0835. The fraction of sp³-hybridized carbons (Fsp3) is 0.818. The summed E-state index contributed by atoms with van der Waals surface area (Å²) in [5.74, 6) is 1.32. The number of ether oxygens (including phenoxy) is 1. The Labute approximate surface area is 96.6 Å². The summed E-state index contributed by atoms with van der Waals surface area (Å²) in [6, 6.07) is 0.360. The van der Waals surface area contributed by atoms with Crippen LogP contribution in [-0.4, -0.2) is 29.4 Å². The molecule has 0 bridgehead atoms. The number of aromatic nitrogens is 2. The molecule has 0 spiro atoms. The van der Waals surface area contributed by atoms with E-state index in [9.17, 15) is 0 Å².